The highest BCUT2D eigenvalue weighted by Gasteiger charge is 2.17. The van der Waals surface area contributed by atoms with E-state index in [1.54, 1.807) is 36.6 Å². The summed E-state index contributed by atoms with van der Waals surface area (Å²) in [6.45, 7) is 1.41. The quantitative estimate of drug-likeness (QED) is 0.736. The fourth-order valence-electron chi connectivity index (χ4n) is 1.88. The monoisotopic (exact) mass is 306 g/mol. The van der Waals surface area contributed by atoms with Gasteiger partial charge in [-0.25, -0.2) is 4.98 Å². The SMILES string of the molecule is COCCN(Cc1ccco1)C(=O)c1ccnc(SC)c1. The third kappa shape index (κ3) is 4.34. The van der Waals surface area contributed by atoms with Crippen molar-refractivity contribution in [3.8, 4) is 0 Å². The second kappa shape index (κ2) is 7.85. The predicted molar refractivity (Wildman–Crippen MR) is 81.3 cm³/mol. The van der Waals surface area contributed by atoms with Gasteiger partial charge < -0.3 is 14.1 Å². The first-order valence-electron chi connectivity index (χ1n) is 6.55. The van der Waals surface area contributed by atoms with Crippen molar-refractivity contribution in [2.45, 2.75) is 11.6 Å². The van der Waals surface area contributed by atoms with Crippen LogP contribution in [-0.4, -0.2) is 42.3 Å². The second-order valence-corrected chi connectivity index (χ2v) is 5.21. The van der Waals surface area contributed by atoms with Crippen LogP contribution in [0.1, 0.15) is 16.1 Å². The number of carbonyl (C=O) groups excluding carboxylic acids is 1. The first-order chi connectivity index (χ1) is 10.2. The highest BCUT2D eigenvalue weighted by atomic mass is 32.2. The van der Waals surface area contributed by atoms with E-state index >= 15 is 0 Å². The molecule has 0 spiro atoms. The summed E-state index contributed by atoms with van der Waals surface area (Å²) in [5.41, 5.74) is 0.622. The van der Waals surface area contributed by atoms with Crippen molar-refractivity contribution in [1.82, 2.24) is 9.88 Å². The maximum Gasteiger partial charge on any atom is 0.254 e. The molecule has 0 aliphatic heterocycles. The van der Waals surface area contributed by atoms with Gasteiger partial charge in [-0.05, 0) is 30.5 Å². The van der Waals surface area contributed by atoms with Crippen LogP contribution in [0.3, 0.4) is 0 Å². The molecule has 6 heteroatoms. The maximum atomic E-state index is 12.6. The number of amides is 1. The van der Waals surface area contributed by atoms with Crippen LogP contribution in [0.15, 0.2) is 46.2 Å². The molecule has 112 valence electrons. The van der Waals surface area contributed by atoms with Gasteiger partial charge in [0.1, 0.15) is 5.76 Å². The number of methoxy groups -OCH3 is 1. The van der Waals surface area contributed by atoms with Crippen LogP contribution in [0, 0.1) is 0 Å². The first-order valence-corrected chi connectivity index (χ1v) is 7.77. The number of pyridine rings is 1. The zero-order chi connectivity index (χ0) is 15.1. The maximum absolute atomic E-state index is 12.6. The largest absolute Gasteiger partial charge is 0.467 e. The average Bonchev–Trinajstić information content (AvgIpc) is 3.03. The van der Waals surface area contributed by atoms with Gasteiger partial charge in [-0.2, -0.15) is 0 Å². The molecule has 0 radical (unpaired) electrons. The van der Waals surface area contributed by atoms with E-state index in [2.05, 4.69) is 4.98 Å². The van der Waals surface area contributed by atoms with Gasteiger partial charge in [0.05, 0.1) is 24.4 Å². The summed E-state index contributed by atoms with van der Waals surface area (Å²) in [6, 6.07) is 7.19. The van der Waals surface area contributed by atoms with Crippen LogP contribution in [0.4, 0.5) is 0 Å². The van der Waals surface area contributed by atoms with Crippen LogP contribution in [0.2, 0.25) is 0 Å². The van der Waals surface area contributed by atoms with Crippen LogP contribution < -0.4 is 0 Å². The van der Waals surface area contributed by atoms with Gasteiger partial charge in [-0.15, -0.1) is 11.8 Å². The Balaban J connectivity index is 2.15. The Morgan fingerprint density at radius 2 is 2.33 bits per heavy atom. The van der Waals surface area contributed by atoms with Crippen molar-refractivity contribution < 1.29 is 13.9 Å². The molecule has 0 unspecified atom stereocenters. The normalized spacial score (nSPS) is 10.6. The van der Waals surface area contributed by atoms with Gasteiger partial charge in [0, 0.05) is 25.4 Å². The van der Waals surface area contributed by atoms with E-state index in [1.165, 1.54) is 11.8 Å². The molecule has 0 atom stereocenters. The molecule has 2 aromatic rings. The van der Waals surface area contributed by atoms with Crippen molar-refractivity contribution in [3.05, 3.63) is 48.0 Å². The Morgan fingerprint density at radius 1 is 1.48 bits per heavy atom. The highest BCUT2D eigenvalue weighted by molar-refractivity contribution is 7.98. The molecule has 2 rings (SSSR count). The van der Waals surface area contributed by atoms with Crippen molar-refractivity contribution in [1.29, 1.82) is 0 Å². The molecule has 1 amide bonds. The van der Waals surface area contributed by atoms with Gasteiger partial charge in [-0.3, -0.25) is 4.79 Å². The van der Waals surface area contributed by atoms with Crippen LogP contribution in [0.5, 0.6) is 0 Å². The number of nitrogens with zero attached hydrogens (tertiary/aromatic N) is 2. The lowest BCUT2D eigenvalue weighted by molar-refractivity contribution is 0.0666. The minimum absolute atomic E-state index is 0.0545. The fraction of sp³-hybridized carbons (Fsp3) is 0.333. The molecule has 2 heterocycles. The minimum atomic E-state index is -0.0545. The lowest BCUT2D eigenvalue weighted by Gasteiger charge is -2.21. The Hall–Kier alpha value is -1.79. The van der Waals surface area contributed by atoms with Gasteiger partial charge in [0.15, 0.2) is 0 Å². The van der Waals surface area contributed by atoms with Crippen molar-refractivity contribution in [2.24, 2.45) is 0 Å². The van der Waals surface area contributed by atoms with Gasteiger partial charge >= 0.3 is 0 Å². The van der Waals surface area contributed by atoms with E-state index in [0.717, 1.165) is 10.8 Å². The number of thioether (sulfide) groups is 1. The van der Waals surface area contributed by atoms with Gasteiger partial charge in [0.2, 0.25) is 0 Å². The van der Waals surface area contributed by atoms with Crippen LogP contribution in [-0.2, 0) is 11.3 Å². The summed E-state index contributed by atoms with van der Waals surface area (Å²) in [5.74, 6) is 0.694. The number of ether oxygens (including phenoxy) is 1. The fourth-order valence-corrected chi connectivity index (χ4v) is 2.29. The Kier molecular flexibility index (Phi) is 5.83. The lowest BCUT2D eigenvalue weighted by atomic mass is 10.2. The zero-order valence-electron chi connectivity index (χ0n) is 12.1. The summed E-state index contributed by atoms with van der Waals surface area (Å²) >= 11 is 1.51. The Labute approximate surface area is 128 Å². The molecule has 0 bridgehead atoms. The molecular formula is C15H18N2O3S. The molecule has 5 nitrogen and oxygen atoms in total. The number of rotatable bonds is 7. The number of furan rings is 1. The third-order valence-electron chi connectivity index (χ3n) is 2.97. The topological polar surface area (TPSA) is 55.6 Å². The number of aromatic nitrogens is 1. The summed E-state index contributed by atoms with van der Waals surface area (Å²) in [7, 11) is 1.62. The van der Waals surface area contributed by atoms with Crippen LogP contribution in [0.25, 0.3) is 0 Å². The van der Waals surface area contributed by atoms with Gasteiger partial charge in [-0.1, -0.05) is 0 Å². The Bertz CT molecular complexity index is 572. The van der Waals surface area contributed by atoms with E-state index in [9.17, 15) is 4.79 Å². The van der Waals surface area contributed by atoms with Crippen molar-refractivity contribution >= 4 is 17.7 Å². The number of hydrogen-bond donors (Lipinski definition) is 0. The molecule has 0 fully saturated rings. The number of carbonyl (C=O) groups is 1. The average molecular weight is 306 g/mol. The zero-order valence-corrected chi connectivity index (χ0v) is 12.9. The second-order valence-electron chi connectivity index (χ2n) is 4.39. The molecule has 0 saturated carbocycles. The molecule has 0 aromatic carbocycles. The van der Waals surface area contributed by atoms with E-state index in [1.807, 2.05) is 18.4 Å². The smallest absolute Gasteiger partial charge is 0.254 e. The molecular weight excluding hydrogens is 288 g/mol. The molecule has 0 aliphatic carbocycles. The lowest BCUT2D eigenvalue weighted by Crippen LogP contribution is -2.33. The summed E-state index contributed by atoms with van der Waals surface area (Å²) in [4.78, 5) is 18.5. The molecule has 0 aliphatic rings. The van der Waals surface area contributed by atoms with E-state index in [0.29, 0.717) is 25.3 Å². The van der Waals surface area contributed by atoms with Crippen molar-refractivity contribution in [2.75, 3.05) is 26.5 Å². The molecule has 21 heavy (non-hydrogen) atoms. The van der Waals surface area contributed by atoms with Gasteiger partial charge in [0.25, 0.3) is 5.91 Å². The van der Waals surface area contributed by atoms with E-state index < -0.39 is 0 Å². The minimum Gasteiger partial charge on any atom is -0.467 e. The molecule has 0 N–H and O–H groups in total. The summed E-state index contributed by atoms with van der Waals surface area (Å²) in [6.07, 6.45) is 5.19. The molecule has 2 aromatic heterocycles. The van der Waals surface area contributed by atoms with Crippen LogP contribution >= 0.6 is 11.8 Å². The van der Waals surface area contributed by atoms with Crippen molar-refractivity contribution in [3.63, 3.8) is 0 Å². The van der Waals surface area contributed by atoms with E-state index in [4.69, 9.17) is 9.15 Å². The summed E-state index contributed by atoms with van der Waals surface area (Å²) < 4.78 is 10.4. The standard InChI is InChI=1S/C15H18N2O3S/c1-19-9-7-17(11-13-4-3-8-20-13)15(18)12-5-6-16-14(10-12)21-2/h3-6,8,10H,7,9,11H2,1-2H3. The highest BCUT2D eigenvalue weighted by Crippen LogP contribution is 2.15. The van der Waals surface area contributed by atoms with E-state index in [-0.39, 0.29) is 5.91 Å². The first kappa shape index (κ1) is 15.6. The molecule has 0 saturated heterocycles. The third-order valence-corrected chi connectivity index (χ3v) is 3.61. The predicted octanol–water partition coefficient (Wildman–Crippen LogP) is 2.69. The Morgan fingerprint density at radius 3 is 3.00 bits per heavy atom. The number of hydrogen-bond acceptors (Lipinski definition) is 5. The summed E-state index contributed by atoms with van der Waals surface area (Å²) in [5, 5.41) is 0.825.